The van der Waals surface area contributed by atoms with Crippen LogP contribution in [0.3, 0.4) is 0 Å². The SMILES string of the molecule is Cc1cc(CNC(C)C(=O)N2CCCC2)cc(C)c1F. The fourth-order valence-corrected chi connectivity index (χ4v) is 2.71. The number of benzene rings is 1. The van der Waals surface area contributed by atoms with E-state index < -0.39 is 0 Å². The number of rotatable bonds is 4. The third kappa shape index (κ3) is 3.37. The maximum absolute atomic E-state index is 13.6. The predicted molar refractivity (Wildman–Crippen MR) is 78.0 cm³/mol. The molecule has 1 aliphatic heterocycles. The van der Waals surface area contributed by atoms with Crippen molar-refractivity contribution in [2.24, 2.45) is 0 Å². The van der Waals surface area contributed by atoms with Crippen LogP contribution in [0, 0.1) is 19.7 Å². The van der Waals surface area contributed by atoms with Crippen LogP contribution in [0.2, 0.25) is 0 Å². The molecule has 1 atom stereocenters. The normalized spacial score (nSPS) is 16.5. The Balaban J connectivity index is 1.92. The van der Waals surface area contributed by atoms with Crippen molar-refractivity contribution in [3.05, 3.63) is 34.6 Å². The molecule has 1 N–H and O–H groups in total. The Bertz CT molecular complexity index is 472. The number of halogens is 1. The monoisotopic (exact) mass is 278 g/mol. The second kappa shape index (κ2) is 6.35. The molecule has 1 fully saturated rings. The number of hydrogen-bond acceptors (Lipinski definition) is 2. The van der Waals surface area contributed by atoms with E-state index in [1.54, 1.807) is 13.8 Å². The van der Waals surface area contributed by atoms with E-state index in [9.17, 15) is 9.18 Å². The van der Waals surface area contributed by atoms with Crippen molar-refractivity contribution in [3.63, 3.8) is 0 Å². The summed E-state index contributed by atoms with van der Waals surface area (Å²) in [6, 6.07) is 3.48. The standard InChI is InChI=1S/C16H23FN2O/c1-11-8-14(9-12(2)15(11)17)10-18-13(3)16(20)19-6-4-5-7-19/h8-9,13,18H,4-7,10H2,1-3H3. The number of aryl methyl sites for hydroxylation is 2. The molecular formula is C16H23FN2O. The number of carbonyl (C=O) groups excluding carboxylic acids is 1. The molecule has 3 nitrogen and oxygen atoms in total. The van der Waals surface area contributed by atoms with Crippen LogP contribution in [0.15, 0.2) is 12.1 Å². The summed E-state index contributed by atoms with van der Waals surface area (Å²) in [7, 11) is 0. The highest BCUT2D eigenvalue weighted by Crippen LogP contribution is 2.15. The van der Waals surface area contributed by atoms with Gasteiger partial charge in [-0.25, -0.2) is 4.39 Å². The molecule has 4 heteroatoms. The van der Waals surface area contributed by atoms with Crippen molar-refractivity contribution in [1.82, 2.24) is 10.2 Å². The Morgan fingerprint density at radius 1 is 1.30 bits per heavy atom. The molecule has 0 radical (unpaired) electrons. The molecule has 1 aliphatic rings. The summed E-state index contributed by atoms with van der Waals surface area (Å²) in [4.78, 5) is 14.1. The Morgan fingerprint density at radius 2 is 1.85 bits per heavy atom. The Morgan fingerprint density at radius 3 is 2.40 bits per heavy atom. The van der Waals surface area contributed by atoms with Crippen molar-refractivity contribution >= 4 is 5.91 Å². The first-order chi connectivity index (χ1) is 9.49. The van der Waals surface area contributed by atoms with Gasteiger partial charge in [-0.2, -0.15) is 0 Å². The largest absolute Gasteiger partial charge is 0.341 e. The van der Waals surface area contributed by atoms with E-state index in [0.717, 1.165) is 31.5 Å². The number of carbonyl (C=O) groups is 1. The van der Waals surface area contributed by atoms with Gasteiger partial charge in [0, 0.05) is 19.6 Å². The van der Waals surface area contributed by atoms with Crippen molar-refractivity contribution in [2.75, 3.05) is 13.1 Å². The molecule has 0 aromatic heterocycles. The predicted octanol–water partition coefficient (Wildman–Crippen LogP) is 2.54. The van der Waals surface area contributed by atoms with Crippen LogP contribution >= 0.6 is 0 Å². The van der Waals surface area contributed by atoms with Crippen LogP contribution in [0.4, 0.5) is 4.39 Å². The van der Waals surface area contributed by atoms with E-state index in [4.69, 9.17) is 0 Å². The zero-order valence-corrected chi connectivity index (χ0v) is 12.5. The van der Waals surface area contributed by atoms with E-state index in [-0.39, 0.29) is 17.8 Å². The van der Waals surface area contributed by atoms with Crippen molar-refractivity contribution in [2.45, 2.75) is 46.2 Å². The van der Waals surface area contributed by atoms with Crippen LogP contribution < -0.4 is 5.32 Å². The Hall–Kier alpha value is -1.42. The number of likely N-dealkylation sites (tertiary alicyclic amines) is 1. The maximum Gasteiger partial charge on any atom is 0.239 e. The topological polar surface area (TPSA) is 32.3 Å². The fraction of sp³-hybridized carbons (Fsp3) is 0.562. The zero-order chi connectivity index (χ0) is 14.7. The van der Waals surface area contributed by atoms with Gasteiger partial charge in [-0.15, -0.1) is 0 Å². The molecule has 20 heavy (non-hydrogen) atoms. The van der Waals surface area contributed by atoms with E-state index in [1.807, 2.05) is 24.0 Å². The molecule has 0 aliphatic carbocycles. The van der Waals surface area contributed by atoms with Gasteiger partial charge in [0.2, 0.25) is 5.91 Å². The molecule has 0 spiro atoms. The first-order valence-electron chi connectivity index (χ1n) is 7.27. The quantitative estimate of drug-likeness (QED) is 0.918. The van der Waals surface area contributed by atoms with Crippen molar-refractivity contribution in [3.8, 4) is 0 Å². The zero-order valence-electron chi connectivity index (χ0n) is 12.5. The molecule has 1 aromatic carbocycles. The summed E-state index contributed by atoms with van der Waals surface area (Å²) in [5.74, 6) is 0.0213. The van der Waals surface area contributed by atoms with Crippen LogP contribution in [0.5, 0.6) is 0 Å². The van der Waals surface area contributed by atoms with Crippen LogP contribution in [0.25, 0.3) is 0 Å². The van der Waals surface area contributed by atoms with Crippen LogP contribution in [-0.4, -0.2) is 29.9 Å². The maximum atomic E-state index is 13.6. The van der Waals surface area contributed by atoms with Gasteiger partial charge in [0.15, 0.2) is 0 Å². The smallest absolute Gasteiger partial charge is 0.239 e. The molecule has 1 amide bonds. The van der Waals surface area contributed by atoms with Gasteiger partial charge in [0.05, 0.1) is 6.04 Å². The summed E-state index contributed by atoms with van der Waals surface area (Å²) in [6.45, 7) is 7.77. The molecule has 1 heterocycles. The first-order valence-corrected chi connectivity index (χ1v) is 7.27. The number of nitrogens with one attached hydrogen (secondary N) is 1. The van der Waals surface area contributed by atoms with Crippen LogP contribution in [-0.2, 0) is 11.3 Å². The second-order valence-electron chi connectivity index (χ2n) is 5.68. The fourth-order valence-electron chi connectivity index (χ4n) is 2.71. The summed E-state index contributed by atoms with van der Waals surface area (Å²) < 4.78 is 13.6. The molecule has 1 saturated heterocycles. The minimum atomic E-state index is -0.196. The van der Waals surface area contributed by atoms with Gasteiger partial charge in [0.25, 0.3) is 0 Å². The highest BCUT2D eigenvalue weighted by molar-refractivity contribution is 5.81. The Kier molecular flexibility index (Phi) is 4.76. The molecule has 2 rings (SSSR count). The molecule has 0 saturated carbocycles. The average Bonchev–Trinajstić information content (AvgIpc) is 2.95. The minimum Gasteiger partial charge on any atom is -0.341 e. The second-order valence-corrected chi connectivity index (χ2v) is 5.68. The highest BCUT2D eigenvalue weighted by Gasteiger charge is 2.22. The van der Waals surface area contributed by atoms with Crippen molar-refractivity contribution < 1.29 is 9.18 Å². The van der Waals surface area contributed by atoms with Gasteiger partial charge in [-0.05, 0) is 50.3 Å². The van der Waals surface area contributed by atoms with E-state index in [1.165, 1.54) is 0 Å². The molecule has 1 aromatic rings. The van der Waals surface area contributed by atoms with Gasteiger partial charge < -0.3 is 10.2 Å². The average molecular weight is 278 g/mol. The summed E-state index contributed by atoms with van der Waals surface area (Å²) in [5, 5.41) is 3.24. The van der Waals surface area contributed by atoms with Gasteiger partial charge >= 0.3 is 0 Å². The summed E-state index contributed by atoms with van der Waals surface area (Å²) in [5.41, 5.74) is 2.32. The van der Waals surface area contributed by atoms with Gasteiger partial charge in [0.1, 0.15) is 5.82 Å². The summed E-state index contributed by atoms with van der Waals surface area (Å²) >= 11 is 0. The van der Waals surface area contributed by atoms with Crippen LogP contribution in [0.1, 0.15) is 36.5 Å². The van der Waals surface area contributed by atoms with Gasteiger partial charge in [-0.1, -0.05) is 12.1 Å². The lowest BCUT2D eigenvalue weighted by Gasteiger charge is -2.21. The molecule has 110 valence electrons. The lowest BCUT2D eigenvalue weighted by atomic mass is 10.1. The van der Waals surface area contributed by atoms with E-state index in [2.05, 4.69) is 5.32 Å². The number of amides is 1. The molecule has 0 bridgehead atoms. The first kappa shape index (κ1) is 15.0. The minimum absolute atomic E-state index is 0.144. The van der Waals surface area contributed by atoms with Crippen molar-refractivity contribution in [1.29, 1.82) is 0 Å². The molecular weight excluding hydrogens is 255 g/mol. The van der Waals surface area contributed by atoms with E-state index >= 15 is 0 Å². The summed E-state index contributed by atoms with van der Waals surface area (Å²) in [6.07, 6.45) is 2.21. The van der Waals surface area contributed by atoms with Gasteiger partial charge in [-0.3, -0.25) is 4.79 Å². The number of nitrogens with zero attached hydrogens (tertiary/aromatic N) is 1. The Labute approximate surface area is 120 Å². The third-order valence-corrected chi connectivity index (χ3v) is 3.90. The van der Waals surface area contributed by atoms with E-state index in [0.29, 0.717) is 17.7 Å². The lowest BCUT2D eigenvalue weighted by molar-refractivity contribution is -0.131. The number of hydrogen-bond donors (Lipinski definition) is 1. The molecule has 1 unspecified atom stereocenters. The highest BCUT2D eigenvalue weighted by atomic mass is 19.1. The third-order valence-electron chi connectivity index (χ3n) is 3.90. The lowest BCUT2D eigenvalue weighted by Crippen LogP contribution is -2.43.